The van der Waals surface area contributed by atoms with Crippen molar-refractivity contribution < 1.29 is 4.74 Å². The van der Waals surface area contributed by atoms with E-state index in [4.69, 9.17) is 4.74 Å². The molecule has 14 heavy (non-hydrogen) atoms. The van der Waals surface area contributed by atoms with Gasteiger partial charge in [-0.25, -0.2) is 0 Å². The fourth-order valence-electron chi connectivity index (χ4n) is 1.64. The van der Waals surface area contributed by atoms with Crippen LogP contribution < -0.4 is 10.1 Å². The molecule has 1 atom stereocenters. The van der Waals surface area contributed by atoms with Gasteiger partial charge in [0.1, 0.15) is 5.75 Å². The molecule has 1 aliphatic heterocycles. The summed E-state index contributed by atoms with van der Waals surface area (Å²) in [6, 6.07) is 8.80. The van der Waals surface area contributed by atoms with Crippen molar-refractivity contribution >= 4 is 11.8 Å². The topological polar surface area (TPSA) is 21.3 Å². The molecule has 0 spiro atoms. The first-order valence-electron chi connectivity index (χ1n) is 4.85. The molecule has 2 nitrogen and oxygen atoms in total. The molecule has 0 radical (unpaired) electrons. The number of nitrogens with one attached hydrogen (secondary N) is 1. The smallest absolute Gasteiger partial charge is 0.119 e. The first kappa shape index (κ1) is 9.87. The first-order chi connectivity index (χ1) is 6.90. The molecule has 0 aliphatic carbocycles. The summed E-state index contributed by atoms with van der Waals surface area (Å²) in [5.74, 6) is 3.33. The Morgan fingerprint density at radius 2 is 2.43 bits per heavy atom. The van der Waals surface area contributed by atoms with Crippen LogP contribution in [0.4, 0.5) is 0 Å². The molecule has 1 fully saturated rings. The molecule has 0 amide bonds. The quantitative estimate of drug-likeness (QED) is 0.805. The van der Waals surface area contributed by atoms with Crippen LogP contribution in [0.3, 0.4) is 0 Å². The minimum atomic E-state index is 0.490. The van der Waals surface area contributed by atoms with Crippen molar-refractivity contribution in [2.45, 2.75) is 6.04 Å². The SMILES string of the molecule is COc1cccc([C@@H]2CSCCN2)c1. The van der Waals surface area contributed by atoms with E-state index in [2.05, 4.69) is 23.5 Å². The van der Waals surface area contributed by atoms with Crippen molar-refractivity contribution in [2.24, 2.45) is 0 Å². The molecule has 1 heterocycles. The van der Waals surface area contributed by atoms with E-state index >= 15 is 0 Å². The molecule has 76 valence electrons. The molecule has 0 unspecified atom stereocenters. The van der Waals surface area contributed by atoms with Crippen LogP contribution in [0.2, 0.25) is 0 Å². The van der Waals surface area contributed by atoms with Crippen molar-refractivity contribution in [3.05, 3.63) is 29.8 Å². The zero-order valence-corrected chi connectivity index (χ0v) is 9.14. The molecular formula is C11H15NOS. The lowest BCUT2D eigenvalue weighted by Crippen LogP contribution is -2.30. The fourth-order valence-corrected chi connectivity index (χ4v) is 2.61. The third-order valence-corrected chi connectivity index (χ3v) is 3.48. The van der Waals surface area contributed by atoms with Crippen LogP contribution in [-0.4, -0.2) is 25.2 Å². The van der Waals surface area contributed by atoms with Gasteiger partial charge in [-0.2, -0.15) is 11.8 Å². The maximum absolute atomic E-state index is 5.21. The largest absolute Gasteiger partial charge is 0.497 e. The fraction of sp³-hybridized carbons (Fsp3) is 0.455. The normalized spacial score (nSPS) is 21.9. The maximum atomic E-state index is 5.21. The van der Waals surface area contributed by atoms with Gasteiger partial charge in [0.15, 0.2) is 0 Å². The van der Waals surface area contributed by atoms with Gasteiger partial charge in [0.25, 0.3) is 0 Å². The minimum Gasteiger partial charge on any atom is -0.497 e. The van der Waals surface area contributed by atoms with Crippen LogP contribution in [0, 0.1) is 0 Å². The van der Waals surface area contributed by atoms with E-state index in [0.717, 1.165) is 18.0 Å². The third kappa shape index (κ3) is 2.22. The molecule has 0 aromatic heterocycles. The van der Waals surface area contributed by atoms with Gasteiger partial charge >= 0.3 is 0 Å². The lowest BCUT2D eigenvalue weighted by Gasteiger charge is -2.23. The van der Waals surface area contributed by atoms with Gasteiger partial charge < -0.3 is 10.1 Å². The Morgan fingerprint density at radius 3 is 3.14 bits per heavy atom. The predicted molar refractivity (Wildman–Crippen MR) is 61.1 cm³/mol. The highest BCUT2D eigenvalue weighted by Crippen LogP contribution is 2.24. The Hall–Kier alpha value is -0.670. The summed E-state index contributed by atoms with van der Waals surface area (Å²) in [6.45, 7) is 1.10. The van der Waals surface area contributed by atoms with Crippen molar-refractivity contribution in [3.8, 4) is 5.75 Å². The second-order valence-corrected chi connectivity index (χ2v) is 4.51. The van der Waals surface area contributed by atoms with Gasteiger partial charge in [0.05, 0.1) is 7.11 Å². The zero-order chi connectivity index (χ0) is 9.80. The van der Waals surface area contributed by atoms with E-state index in [1.807, 2.05) is 17.8 Å². The van der Waals surface area contributed by atoms with Crippen LogP contribution in [0.25, 0.3) is 0 Å². The van der Waals surface area contributed by atoms with Crippen LogP contribution in [0.5, 0.6) is 5.75 Å². The van der Waals surface area contributed by atoms with Crippen molar-refractivity contribution in [3.63, 3.8) is 0 Å². The molecule has 0 saturated carbocycles. The Kier molecular flexibility index (Phi) is 3.32. The van der Waals surface area contributed by atoms with Gasteiger partial charge in [-0.3, -0.25) is 0 Å². The number of ether oxygens (including phenoxy) is 1. The number of thioether (sulfide) groups is 1. The van der Waals surface area contributed by atoms with E-state index in [-0.39, 0.29) is 0 Å². The Balaban J connectivity index is 2.13. The highest BCUT2D eigenvalue weighted by molar-refractivity contribution is 7.99. The van der Waals surface area contributed by atoms with E-state index < -0.39 is 0 Å². The summed E-state index contributed by atoms with van der Waals surface area (Å²) in [4.78, 5) is 0. The number of hydrogen-bond acceptors (Lipinski definition) is 3. The Morgan fingerprint density at radius 1 is 1.50 bits per heavy atom. The zero-order valence-electron chi connectivity index (χ0n) is 8.32. The summed E-state index contributed by atoms with van der Waals surface area (Å²) in [5, 5.41) is 3.51. The van der Waals surface area contributed by atoms with Crippen molar-refractivity contribution in [1.82, 2.24) is 5.32 Å². The molecule has 2 rings (SSSR count). The molecule has 1 aromatic rings. The van der Waals surface area contributed by atoms with E-state index in [9.17, 15) is 0 Å². The molecule has 1 saturated heterocycles. The predicted octanol–water partition coefficient (Wildman–Crippen LogP) is 2.07. The van der Waals surface area contributed by atoms with Crippen LogP contribution >= 0.6 is 11.8 Å². The average molecular weight is 209 g/mol. The van der Waals surface area contributed by atoms with Crippen molar-refractivity contribution in [1.29, 1.82) is 0 Å². The highest BCUT2D eigenvalue weighted by Gasteiger charge is 2.14. The molecule has 3 heteroatoms. The lowest BCUT2D eigenvalue weighted by molar-refractivity contribution is 0.413. The highest BCUT2D eigenvalue weighted by atomic mass is 32.2. The van der Waals surface area contributed by atoms with Crippen LogP contribution in [0.15, 0.2) is 24.3 Å². The van der Waals surface area contributed by atoms with E-state index in [1.165, 1.54) is 11.3 Å². The minimum absolute atomic E-state index is 0.490. The Labute approximate surface area is 89.0 Å². The summed E-state index contributed by atoms with van der Waals surface area (Å²) in [6.07, 6.45) is 0. The maximum Gasteiger partial charge on any atom is 0.119 e. The van der Waals surface area contributed by atoms with E-state index in [0.29, 0.717) is 6.04 Å². The van der Waals surface area contributed by atoms with Crippen LogP contribution in [0.1, 0.15) is 11.6 Å². The molecular weight excluding hydrogens is 194 g/mol. The standard InChI is InChI=1S/C11H15NOS/c1-13-10-4-2-3-9(7-10)11-8-14-6-5-12-11/h2-4,7,11-12H,5-6,8H2,1H3/t11-/m0/s1. The molecule has 1 N–H and O–H groups in total. The molecule has 1 aromatic carbocycles. The number of benzene rings is 1. The van der Waals surface area contributed by atoms with Gasteiger partial charge in [-0.15, -0.1) is 0 Å². The third-order valence-electron chi connectivity index (χ3n) is 2.42. The monoisotopic (exact) mass is 209 g/mol. The second kappa shape index (κ2) is 4.71. The van der Waals surface area contributed by atoms with Crippen LogP contribution in [-0.2, 0) is 0 Å². The van der Waals surface area contributed by atoms with Gasteiger partial charge in [-0.05, 0) is 17.7 Å². The lowest BCUT2D eigenvalue weighted by atomic mass is 10.1. The number of rotatable bonds is 2. The van der Waals surface area contributed by atoms with Crippen molar-refractivity contribution in [2.75, 3.05) is 25.2 Å². The summed E-state index contributed by atoms with van der Waals surface area (Å²) in [5.41, 5.74) is 1.33. The number of hydrogen-bond donors (Lipinski definition) is 1. The molecule has 0 bridgehead atoms. The molecule has 1 aliphatic rings. The van der Waals surface area contributed by atoms with E-state index in [1.54, 1.807) is 7.11 Å². The van der Waals surface area contributed by atoms with Gasteiger partial charge in [0.2, 0.25) is 0 Å². The average Bonchev–Trinajstić information content (AvgIpc) is 2.30. The summed E-state index contributed by atoms with van der Waals surface area (Å²) >= 11 is 2.01. The Bertz CT molecular complexity index is 297. The second-order valence-electron chi connectivity index (χ2n) is 3.36. The van der Waals surface area contributed by atoms with Gasteiger partial charge in [0, 0.05) is 24.1 Å². The summed E-state index contributed by atoms with van der Waals surface area (Å²) < 4.78 is 5.21. The first-order valence-corrected chi connectivity index (χ1v) is 6.00. The summed E-state index contributed by atoms with van der Waals surface area (Å²) in [7, 11) is 1.71. The number of methoxy groups -OCH3 is 1. The van der Waals surface area contributed by atoms with Gasteiger partial charge in [-0.1, -0.05) is 12.1 Å².